The quantitative estimate of drug-likeness (QED) is 0.796. The minimum atomic E-state index is -0.533. The van der Waals surface area contributed by atoms with E-state index in [1.807, 2.05) is 31.2 Å². The molecule has 1 heterocycles. The zero-order valence-electron chi connectivity index (χ0n) is 9.68. The van der Waals surface area contributed by atoms with Gasteiger partial charge in [-0.2, -0.15) is 0 Å². The number of aryl methyl sites for hydroxylation is 1. The van der Waals surface area contributed by atoms with E-state index in [1.165, 1.54) is 13.4 Å². The molecule has 2 rings (SSSR count). The number of rotatable bonds is 2. The van der Waals surface area contributed by atoms with Gasteiger partial charge in [0.25, 0.3) is 0 Å². The molecule has 0 atom stereocenters. The molecule has 0 unspecified atom stereocenters. The fourth-order valence-electron chi connectivity index (χ4n) is 1.60. The Bertz CT molecular complexity index is 561. The van der Waals surface area contributed by atoms with Crippen LogP contribution < -0.4 is 5.73 Å². The Kier molecular flexibility index (Phi) is 2.82. The number of esters is 1. The monoisotopic (exact) mass is 231 g/mol. The van der Waals surface area contributed by atoms with Crippen LogP contribution in [0, 0.1) is 6.92 Å². The number of carbonyl (C=O) groups is 1. The number of hydrogen-bond acceptors (Lipinski definition) is 4. The molecular formula is C12H13N3O2. The molecule has 0 spiro atoms. The lowest BCUT2D eigenvalue weighted by Crippen LogP contribution is -2.07. The van der Waals surface area contributed by atoms with Crippen molar-refractivity contribution >= 4 is 11.8 Å². The molecular weight excluding hydrogens is 218 g/mol. The van der Waals surface area contributed by atoms with Gasteiger partial charge in [-0.25, -0.2) is 9.78 Å². The molecule has 1 aromatic heterocycles. The first-order valence-electron chi connectivity index (χ1n) is 5.11. The van der Waals surface area contributed by atoms with Gasteiger partial charge >= 0.3 is 5.97 Å². The molecule has 0 amide bonds. The lowest BCUT2D eigenvalue weighted by atomic mass is 10.2. The SMILES string of the molecule is COC(=O)c1ncn(-c2cccc(C)c2)c1N. The third kappa shape index (κ3) is 1.99. The first-order chi connectivity index (χ1) is 8.13. The van der Waals surface area contributed by atoms with E-state index in [1.54, 1.807) is 4.57 Å². The zero-order chi connectivity index (χ0) is 12.4. The van der Waals surface area contributed by atoms with Crippen molar-refractivity contribution in [2.24, 2.45) is 0 Å². The van der Waals surface area contributed by atoms with Crippen LogP contribution >= 0.6 is 0 Å². The number of nitrogen functional groups attached to an aromatic ring is 1. The Morgan fingerprint density at radius 3 is 2.88 bits per heavy atom. The Labute approximate surface area is 98.8 Å². The van der Waals surface area contributed by atoms with Crippen LogP contribution in [0.25, 0.3) is 5.69 Å². The van der Waals surface area contributed by atoms with E-state index in [0.29, 0.717) is 0 Å². The number of hydrogen-bond donors (Lipinski definition) is 1. The predicted octanol–water partition coefficient (Wildman–Crippen LogP) is 1.55. The van der Waals surface area contributed by atoms with Crippen LogP contribution in [0.3, 0.4) is 0 Å². The maximum atomic E-state index is 11.4. The summed E-state index contributed by atoms with van der Waals surface area (Å²) >= 11 is 0. The van der Waals surface area contributed by atoms with Gasteiger partial charge in [-0.1, -0.05) is 12.1 Å². The number of aromatic nitrogens is 2. The maximum Gasteiger partial charge on any atom is 0.360 e. The van der Waals surface area contributed by atoms with Crippen LogP contribution in [0.4, 0.5) is 5.82 Å². The minimum Gasteiger partial charge on any atom is -0.464 e. The summed E-state index contributed by atoms with van der Waals surface area (Å²) < 4.78 is 6.25. The highest BCUT2D eigenvalue weighted by atomic mass is 16.5. The average molecular weight is 231 g/mol. The van der Waals surface area contributed by atoms with E-state index >= 15 is 0 Å². The molecule has 1 aromatic carbocycles. The van der Waals surface area contributed by atoms with E-state index in [0.717, 1.165) is 11.3 Å². The minimum absolute atomic E-state index is 0.133. The predicted molar refractivity (Wildman–Crippen MR) is 64.1 cm³/mol. The Balaban J connectivity index is 2.48. The Morgan fingerprint density at radius 1 is 1.47 bits per heavy atom. The Hall–Kier alpha value is -2.30. The molecule has 0 aliphatic carbocycles. The van der Waals surface area contributed by atoms with Crippen molar-refractivity contribution in [1.29, 1.82) is 0 Å². The van der Waals surface area contributed by atoms with Crippen LogP contribution in [0.1, 0.15) is 16.1 Å². The second-order valence-corrected chi connectivity index (χ2v) is 3.68. The van der Waals surface area contributed by atoms with Crippen LogP contribution in [0.5, 0.6) is 0 Å². The summed E-state index contributed by atoms with van der Waals surface area (Å²) in [6.07, 6.45) is 1.51. The number of methoxy groups -OCH3 is 1. The first-order valence-corrected chi connectivity index (χ1v) is 5.11. The summed E-state index contributed by atoms with van der Waals surface area (Å²) in [6, 6.07) is 7.75. The molecule has 2 aromatic rings. The van der Waals surface area contributed by atoms with Crippen molar-refractivity contribution in [2.75, 3.05) is 12.8 Å². The van der Waals surface area contributed by atoms with Gasteiger partial charge in [0.05, 0.1) is 7.11 Å². The number of nitrogens with two attached hydrogens (primary N) is 1. The standard InChI is InChI=1S/C12H13N3O2/c1-8-4-3-5-9(6-8)15-7-14-10(11(15)13)12(16)17-2/h3-7H,13H2,1-2H3. The molecule has 5 heteroatoms. The summed E-state index contributed by atoms with van der Waals surface area (Å²) in [4.78, 5) is 15.3. The molecule has 5 nitrogen and oxygen atoms in total. The van der Waals surface area contributed by atoms with E-state index in [9.17, 15) is 4.79 Å². The molecule has 0 saturated heterocycles. The second kappa shape index (κ2) is 4.29. The van der Waals surface area contributed by atoms with Crippen molar-refractivity contribution in [1.82, 2.24) is 9.55 Å². The molecule has 0 bridgehead atoms. The Morgan fingerprint density at radius 2 is 2.24 bits per heavy atom. The second-order valence-electron chi connectivity index (χ2n) is 3.68. The van der Waals surface area contributed by atoms with Gasteiger partial charge < -0.3 is 10.5 Å². The number of imidazole rings is 1. The van der Waals surface area contributed by atoms with Gasteiger partial charge in [0.1, 0.15) is 12.1 Å². The van der Waals surface area contributed by atoms with Crippen LogP contribution in [-0.4, -0.2) is 22.6 Å². The summed E-state index contributed by atoms with van der Waals surface area (Å²) in [6.45, 7) is 1.98. The molecule has 0 aliphatic rings. The van der Waals surface area contributed by atoms with Crippen LogP contribution in [0.2, 0.25) is 0 Å². The molecule has 17 heavy (non-hydrogen) atoms. The highest BCUT2D eigenvalue weighted by molar-refractivity contribution is 5.92. The molecule has 88 valence electrons. The average Bonchev–Trinajstić information content (AvgIpc) is 2.70. The largest absolute Gasteiger partial charge is 0.464 e. The number of ether oxygens (including phenoxy) is 1. The van der Waals surface area contributed by atoms with E-state index < -0.39 is 5.97 Å². The molecule has 0 radical (unpaired) electrons. The fraction of sp³-hybridized carbons (Fsp3) is 0.167. The van der Waals surface area contributed by atoms with Crippen molar-refractivity contribution in [3.05, 3.63) is 41.9 Å². The number of nitrogens with zero attached hydrogens (tertiary/aromatic N) is 2. The molecule has 0 aliphatic heterocycles. The van der Waals surface area contributed by atoms with Crippen LogP contribution in [-0.2, 0) is 4.74 Å². The maximum absolute atomic E-state index is 11.4. The van der Waals surface area contributed by atoms with Crippen molar-refractivity contribution < 1.29 is 9.53 Å². The smallest absolute Gasteiger partial charge is 0.360 e. The van der Waals surface area contributed by atoms with Gasteiger partial charge in [-0.3, -0.25) is 4.57 Å². The fourth-order valence-corrected chi connectivity index (χ4v) is 1.60. The van der Waals surface area contributed by atoms with Gasteiger partial charge in [-0.05, 0) is 24.6 Å². The molecule has 0 saturated carbocycles. The van der Waals surface area contributed by atoms with Crippen molar-refractivity contribution in [3.63, 3.8) is 0 Å². The van der Waals surface area contributed by atoms with Crippen LogP contribution in [0.15, 0.2) is 30.6 Å². The van der Waals surface area contributed by atoms with Gasteiger partial charge in [-0.15, -0.1) is 0 Å². The normalized spacial score (nSPS) is 10.2. The summed E-state index contributed by atoms with van der Waals surface area (Å²) in [5.41, 5.74) is 7.97. The third-order valence-electron chi connectivity index (χ3n) is 2.46. The molecule has 0 fully saturated rings. The first kappa shape index (κ1) is 11.2. The lowest BCUT2D eigenvalue weighted by Gasteiger charge is -2.05. The van der Waals surface area contributed by atoms with Crippen molar-refractivity contribution in [2.45, 2.75) is 6.92 Å². The summed E-state index contributed by atoms with van der Waals surface area (Å²) in [5.74, 6) is -0.253. The van der Waals surface area contributed by atoms with Crippen molar-refractivity contribution in [3.8, 4) is 5.69 Å². The van der Waals surface area contributed by atoms with Gasteiger partial charge in [0.2, 0.25) is 0 Å². The summed E-state index contributed by atoms with van der Waals surface area (Å²) in [5, 5.41) is 0. The van der Waals surface area contributed by atoms with E-state index in [-0.39, 0.29) is 11.5 Å². The van der Waals surface area contributed by atoms with E-state index in [4.69, 9.17) is 5.73 Å². The highest BCUT2D eigenvalue weighted by Gasteiger charge is 2.16. The highest BCUT2D eigenvalue weighted by Crippen LogP contribution is 2.18. The molecule has 2 N–H and O–H groups in total. The number of benzene rings is 1. The number of anilines is 1. The number of carbonyl (C=O) groups excluding carboxylic acids is 1. The van der Waals surface area contributed by atoms with Gasteiger partial charge in [0, 0.05) is 5.69 Å². The topological polar surface area (TPSA) is 70.1 Å². The van der Waals surface area contributed by atoms with Gasteiger partial charge in [0.15, 0.2) is 5.69 Å². The summed E-state index contributed by atoms with van der Waals surface area (Å²) in [7, 11) is 1.30. The third-order valence-corrected chi connectivity index (χ3v) is 2.46. The lowest BCUT2D eigenvalue weighted by molar-refractivity contribution is 0.0596. The van der Waals surface area contributed by atoms with E-state index in [2.05, 4.69) is 9.72 Å². The zero-order valence-corrected chi connectivity index (χ0v) is 9.68.